The van der Waals surface area contributed by atoms with Gasteiger partial charge in [0.15, 0.2) is 0 Å². The molecule has 0 saturated carbocycles. The number of hydrogen-bond acceptors (Lipinski definition) is 4. The summed E-state index contributed by atoms with van der Waals surface area (Å²) in [5.74, 6) is 0.279. The smallest absolute Gasteiger partial charge is 0.207 e. The first-order valence-electron chi connectivity index (χ1n) is 5.06. The fourth-order valence-electron chi connectivity index (χ4n) is 1.01. The Bertz CT molecular complexity index is 431. The van der Waals surface area contributed by atoms with Crippen molar-refractivity contribution in [3.05, 3.63) is 35.6 Å². The zero-order valence-electron chi connectivity index (χ0n) is 9.98. The van der Waals surface area contributed by atoms with Crippen LogP contribution in [-0.4, -0.2) is 20.9 Å². The van der Waals surface area contributed by atoms with Gasteiger partial charge in [0, 0.05) is 17.7 Å². The average Bonchev–Trinajstić information content (AvgIpc) is 2.16. The molecular weight excluding hydrogens is 204 g/mol. The van der Waals surface area contributed by atoms with Gasteiger partial charge in [0.2, 0.25) is 5.78 Å². The maximum Gasteiger partial charge on any atom is 0.207 e. The van der Waals surface area contributed by atoms with E-state index in [9.17, 15) is 9.90 Å². The Labute approximate surface area is 95.1 Å². The molecule has 0 amide bonds. The second-order valence-corrected chi connectivity index (χ2v) is 4.63. The van der Waals surface area contributed by atoms with Gasteiger partial charge in [-0.05, 0) is 13.0 Å². The van der Waals surface area contributed by atoms with E-state index in [1.807, 2.05) is 20.8 Å². The number of carbonyl (C=O) groups excluding carboxylic acids is 1. The summed E-state index contributed by atoms with van der Waals surface area (Å²) in [5.41, 5.74) is -0.138. The molecule has 0 aromatic carbocycles. The van der Waals surface area contributed by atoms with Crippen LogP contribution in [0, 0.1) is 12.3 Å². The van der Waals surface area contributed by atoms with Gasteiger partial charge in [0.1, 0.15) is 17.3 Å². The van der Waals surface area contributed by atoms with E-state index >= 15 is 0 Å². The molecule has 1 N–H and O–H groups in total. The lowest BCUT2D eigenvalue weighted by atomic mass is 9.93. The first kappa shape index (κ1) is 12.4. The minimum Gasteiger partial charge on any atom is -0.512 e. The van der Waals surface area contributed by atoms with Crippen molar-refractivity contribution in [1.82, 2.24) is 9.97 Å². The summed E-state index contributed by atoms with van der Waals surface area (Å²) >= 11 is 0. The highest BCUT2D eigenvalue weighted by Crippen LogP contribution is 2.22. The minimum absolute atomic E-state index is 0.0498. The molecule has 0 unspecified atom stereocenters. The predicted molar refractivity (Wildman–Crippen MR) is 61.3 cm³/mol. The third-order valence-corrected chi connectivity index (χ3v) is 2.06. The number of aryl methyl sites for hydroxylation is 1. The zero-order valence-corrected chi connectivity index (χ0v) is 9.98. The summed E-state index contributed by atoms with van der Waals surface area (Å²) in [7, 11) is 0. The number of aliphatic hydroxyl groups is 1. The van der Waals surface area contributed by atoms with Crippen molar-refractivity contribution >= 4 is 5.78 Å². The molecule has 4 heteroatoms. The van der Waals surface area contributed by atoms with Crippen LogP contribution in [0.15, 0.2) is 24.1 Å². The van der Waals surface area contributed by atoms with Gasteiger partial charge in [-0.25, -0.2) is 9.97 Å². The molecule has 1 rings (SSSR count). The summed E-state index contributed by atoms with van der Waals surface area (Å²) in [6.45, 7) is 7.20. The molecule has 16 heavy (non-hydrogen) atoms. The van der Waals surface area contributed by atoms with Crippen LogP contribution in [0.25, 0.3) is 0 Å². The van der Waals surface area contributed by atoms with Crippen LogP contribution in [0.1, 0.15) is 37.1 Å². The van der Waals surface area contributed by atoms with Gasteiger partial charge in [-0.2, -0.15) is 0 Å². The maximum atomic E-state index is 11.7. The molecule has 0 aliphatic carbocycles. The van der Waals surface area contributed by atoms with Crippen molar-refractivity contribution < 1.29 is 9.90 Å². The highest BCUT2D eigenvalue weighted by atomic mass is 16.3. The second-order valence-electron chi connectivity index (χ2n) is 4.63. The Morgan fingerprint density at radius 2 is 2.06 bits per heavy atom. The lowest BCUT2D eigenvalue weighted by molar-refractivity contribution is 0.103. The average molecular weight is 220 g/mol. The molecule has 0 saturated heterocycles. The number of ketones is 1. The van der Waals surface area contributed by atoms with E-state index in [0.29, 0.717) is 11.5 Å². The van der Waals surface area contributed by atoms with Crippen molar-refractivity contribution in [3.8, 4) is 0 Å². The number of hydrogen-bond donors (Lipinski definition) is 1. The van der Waals surface area contributed by atoms with Crippen LogP contribution in [0.5, 0.6) is 0 Å². The molecule has 86 valence electrons. The summed E-state index contributed by atoms with van der Waals surface area (Å²) in [5, 5.41) is 9.68. The van der Waals surface area contributed by atoms with Crippen molar-refractivity contribution in [1.29, 1.82) is 0 Å². The van der Waals surface area contributed by atoms with Gasteiger partial charge < -0.3 is 5.11 Å². The number of aromatic nitrogens is 2. The number of aliphatic hydroxyl groups excluding tert-OH is 1. The van der Waals surface area contributed by atoms with Gasteiger partial charge in [0.05, 0.1) is 0 Å². The van der Waals surface area contributed by atoms with Crippen molar-refractivity contribution in [3.63, 3.8) is 0 Å². The fraction of sp³-hybridized carbons (Fsp3) is 0.417. The Balaban J connectivity index is 2.97. The molecule has 1 heterocycles. The molecule has 0 aliphatic rings. The van der Waals surface area contributed by atoms with Gasteiger partial charge in [-0.15, -0.1) is 0 Å². The van der Waals surface area contributed by atoms with Crippen LogP contribution in [0.4, 0.5) is 0 Å². The van der Waals surface area contributed by atoms with E-state index < -0.39 is 5.41 Å². The third kappa shape index (κ3) is 3.15. The Hall–Kier alpha value is -1.71. The zero-order chi connectivity index (χ0) is 12.3. The molecule has 0 atom stereocenters. The predicted octanol–water partition coefficient (Wildman–Crippen LogP) is 2.46. The van der Waals surface area contributed by atoms with E-state index in [2.05, 4.69) is 9.97 Å². The van der Waals surface area contributed by atoms with Gasteiger partial charge in [-0.1, -0.05) is 20.8 Å². The lowest BCUT2D eigenvalue weighted by Crippen LogP contribution is -2.11. The van der Waals surface area contributed by atoms with Crippen LogP contribution in [-0.2, 0) is 0 Å². The Morgan fingerprint density at radius 1 is 1.44 bits per heavy atom. The molecule has 0 fully saturated rings. The van der Waals surface area contributed by atoms with E-state index in [4.69, 9.17) is 0 Å². The monoisotopic (exact) mass is 220 g/mol. The first-order chi connectivity index (χ1) is 7.30. The molecule has 1 aromatic rings. The molecule has 4 nitrogen and oxygen atoms in total. The SMILES string of the molecule is Cc1nccc(C(=O)/C=C(\O)C(C)(C)C)n1. The van der Waals surface area contributed by atoms with Gasteiger partial charge in [0.25, 0.3) is 0 Å². The quantitative estimate of drug-likeness (QED) is 0.472. The number of carbonyl (C=O) groups is 1. The van der Waals surface area contributed by atoms with E-state index in [1.54, 1.807) is 6.92 Å². The number of allylic oxidation sites excluding steroid dienone is 2. The minimum atomic E-state index is -0.433. The topological polar surface area (TPSA) is 63.1 Å². The summed E-state index contributed by atoms with van der Waals surface area (Å²) in [6.07, 6.45) is 2.74. The highest BCUT2D eigenvalue weighted by molar-refractivity contribution is 6.03. The van der Waals surface area contributed by atoms with Gasteiger partial charge >= 0.3 is 0 Å². The fourth-order valence-corrected chi connectivity index (χ4v) is 1.01. The van der Waals surface area contributed by atoms with E-state index in [-0.39, 0.29) is 11.5 Å². The van der Waals surface area contributed by atoms with Crippen molar-refractivity contribution in [2.75, 3.05) is 0 Å². The van der Waals surface area contributed by atoms with Crippen LogP contribution in [0.3, 0.4) is 0 Å². The Kier molecular flexibility index (Phi) is 3.42. The normalized spacial score (nSPS) is 12.6. The van der Waals surface area contributed by atoms with Crippen molar-refractivity contribution in [2.45, 2.75) is 27.7 Å². The van der Waals surface area contributed by atoms with E-state index in [1.165, 1.54) is 18.3 Å². The molecule has 0 bridgehead atoms. The molecular formula is C12H16N2O2. The maximum absolute atomic E-state index is 11.7. The van der Waals surface area contributed by atoms with Crippen LogP contribution >= 0.6 is 0 Å². The molecule has 0 radical (unpaired) electrons. The van der Waals surface area contributed by atoms with E-state index in [0.717, 1.165) is 0 Å². The largest absolute Gasteiger partial charge is 0.512 e. The first-order valence-corrected chi connectivity index (χ1v) is 5.06. The summed E-state index contributed by atoms with van der Waals surface area (Å²) < 4.78 is 0. The molecule has 0 aliphatic heterocycles. The lowest BCUT2D eigenvalue weighted by Gasteiger charge is -2.16. The van der Waals surface area contributed by atoms with Gasteiger partial charge in [-0.3, -0.25) is 4.79 Å². The molecule has 0 spiro atoms. The number of nitrogens with zero attached hydrogens (tertiary/aromatic N) is 2. The standard InChI is InChI=1S/C12H16N2O2/c1-8-13-6-5-9(14-8)10(15)7-11(16)12(2,3)4/h5-7,16H,1-4H3/b11-7-. The van der Waals surface area contributed by atoms with Crippen LogP contribution in [0.2, 0.25) is 0 Å². The number of rotatable bonds is 2. The molecule has 1 aromatic heterocycles. The Morgan fingerprint density at radius 3 is 2.56 bits per heavy atom. The second kappa shape index (κ2) is 4.43. The van der Waals surface area contributed by atoms with Crippen LogP contribution < -0.4 is 0 Å². The summed E-state index contributed by atoms with van der Waals surface area (Å²) in [6, 6.07) is 1.53. The third-order valence-electron chi connectivity index (χ3n) is 2.06. The van der Waals surface area contributed by atoms with Crippen molar-refractivity contribution in [2.24, 2.45) is 5.41 Å². The highest BCUT2D eigenvalue weighted by Gasteiger charge is 2.18. The summed E-state index contributed by atoms with van der Waals surface area (Å²) in [4.78, 5) is 19.6.